The van der Waals surface area contributed by atoms with Crippen LogP contribution in [0.5, 0.6) is 0 Å². The van der Waals surface area contributed by atoms with Crippen LogP contribution in [0.1, 0.15) is 85.1 Å². The van der Waals surface area contributed by atoms with Crippen molar-refractivity contribution < 1.29 is 5.11 Å². The van der Waals surface area contributed by atoms with Crippen molar-refractivity contribution in [2.75, 3.05) is 18.0 Å². The van der Waals surface area contributed by atoms with Gasteiger partial charge in [0.1, 0.15) is 6.33 Å². The summed E-state index contributed by atoms with van der Waals surface area (Å²) in [5.41, 5.74) is 4.03. The van der Waals surface area contributed by atoms with Crippen LogP contribution in [0.4, 0.5) is 5.82 Å². The van der Waals surface area contributed by atoms with Gasteiger partial charge in [-0.15, -0.1) is 0 Å². The third kappa shape index (κ3) is 3.06. The van der Waals surface area contributed by atoms with E-state index in [1.165, 1.54) is 38.5 Å². The topological polar surface area (TPSA) is 67.1 Å². The molecule has 0 spiro atoms. The van der Waals surface area contributed by atoms with E-state index >= 15 is 0 Å². The van der Waals surface area contributed by atoms with E-state index in [2.05, 4.69) is 53.2 Å². The van der Waals surface area contributed by atoms with E-state index in [4.69, 9.17) is 4.98 Å². The van der Waals surface area contributed by atoms with Gasteiger partial charge in [0.05, 0.1) is 18.5 Å². The van der Waals surface area contributed by atoms with Crippen molar-refractivity contribution in [3.8, 4) is 0 Å². The molecule has 184 valence electrons. The minimum atomic E-state index is -0.0864. The molecular weight excluding hydrogens is 422 g/mol. The van der Waals surface area contributed by atoms with Crippen LogP contribution in [0.25, 0.3) is 11.2 Å². The molecule has 2 heterocycles. The molecular formula is C28H41N5O. The quantitative estimate of drug-likeness (QED) is 0.603. The number of hydrogen-bond acceptors (Lipinski definition) is 5. The molecule has 3 saturated carbocycles. The lowest BCUT2D eigenvalue weighted by Crippen LogP contribution is -2.51. The van der Waals surface area contributed by atoms with Gasteiger partial charge in [0.25, 0.3) is 0 Å². The van der Waals surface area contributed by atoms with Crippen LogP contribution in [0.15, 0.2) is 24.3 Å². The number of imidazole rings is 1. The van der Waals surface area contributed by atoms with Gasteiger partial charge >= 0.3 is 0 Å². The number of rotatable bonds is 4. The molecule has 0 amide bonds. The Morgan fingerprint density at radius 1 is 1.00 bits per heavy atom. The fourth-order valence-electron chi connectivity index (χ4n) is 8.74. The van der Waals surface area contributed by atoms with Gasteiger partial charge < -0.3 is 14.6 Å². The Morgan fingerprint density at radius 3 is 2.62 bits per heavy atom. The Labute approximate surface area is 203 Å². The first-order valence-corrected chi connectivity index (χ1v) is 13.7. The summed E-state index contributed by atoms with van der Waals surface area (Å²) >= 11 is 0. The van der Waals surface area contributed by atoms with Gasteiger partial charge in [-0.05, 0) is 93.8 Å². The van der Waals surface area contributed by atoms with Crippen LogP contribution in [-0.2, 0) is 0 Å². The predicted octanol–water partition coefficient (Wildman–Crippen LogP) is 5.54. The molecule has 0 saturated heterocycles. The second-order valence-corrected chi connectivity index (χ2v) is 12.0. The maximum Gasteiger partial charge on any atom is 0.165 e. The van der Waals surface area contributed by atoms with Crippen molar-refractivity contribution >= 4 is 17.0 Å². The Hall–Kier alpha value is -1.95. The first-order chi connectivity index (χ1) is 16.4. The molecule has 0 unspecified atom stereocenters. The minimum absolute atomic E-state index is 0.0864. The molecule has 4 aliphatic carbocycles. The number of aromatic nitrogens is 4. The van der Waals surface area contributed by atoms with E-state index in [1.807, 2.05) is 6.33 Å². The molecule has 34 heavy (non-hydrogen) atoms. The predicted molar refractivity (Wildman–Crippen MR) is 136 cm³/mol. The molecule has 1 N–H and O–H groups in total. The highest BCUT2D eigenvalue weighted by atomic mass is 16.3. The highest BCUT2D eigenvalue weighted by molar-refractivity contribution is 5.83. The van der Waals surface area contributed by atoms with Crippen molar-refractivity contribution in [2.45, 2.75) is 91.2 Å². The molecule has 3 fully saturated rings. The van der Waals surface area contributed by atoms with Gasteiger partial charge in [-0.3, -0.25) is 0 Å². The molecule has 6 heteroatoms. The lowest BCUT2D eigenvalue weighted by molar-refractivity contribution is -0.0744. The average molecular weight is 464 g/mol. The number of anilines is 1. The van der Waals surface area contributed by atoms with Crippen LogP contribution < -0.4 is 4.90 Å². The first-order valence-electron chi connectivity index (χ1n) is 13.7. The second kappa shape index (κ2) is 8.04. The average Bonchev–Trinajstić information content (AvgIpc) is 3.41. The zero-order valence-electron chi connectivity index (χ0n) is 21.4. The van der Waals surface area contributed by atoms with Gasteiger partial charge in [-0.2, -0.15) is 0 Å². The Kier molecular flexibility index (Phi) is 5.32. The third-order valence-electron chi connectivity index (χ3n) is 10.8. The zero-order valence-corrected chi connectivity index (χ0v) is 21.4. The fraction of sp³-hybridized carbons (Fsp3) is 0.750. The van der Waals surface area contributed by atoms with Gasteiger partial charge in [-0.1, -0.05) is 25.5 Å². The Balaban J connectivity index is 1.31. The summed E-state index contributed by atoms with van der Waals surface area (Å²) in [6.45, 7) is 11.1. The van der Waals surface area contributed by atoms with Gasteiger partial charge in [0.15, 0.2) is 17.0 Å². The van der Waals surface area contributed by atoms with Crippen LogP contribution in [0, 0.1) is 28.6 Å². The number of hydrogen-bond donors (Lipinski definition) is 1. The molecule has 6 nitrogen and oxygen atoms in total. The van der Waals surface area contributed by atoms with E-state index in [1.54, 1.807) is 11.9 Å². The van der Waals surface area contributed by atoms with Gasteiger partial charge in [0, 0.05) is 13.1 Å². The summed E-state index contributed by atoms with van der Waals surface area (Å²) in [5.74, 6) is 3.22. The number of aliphatic hydroxyl groups excluding tert-OH is 1. The van der Waals surface area contributed by atoms with E-state index in [0.717, 1.165) is 54.7 Å². The summed E-state index contributed by atoms with van der Waals surface area (Å²) in [6.07, 6.45) is 15.8. The molecule has 7 atom stereocenters. The van der Waals surface area contributed by atoms with Crippen molar-refractivity contribution in [1.82, 2.24) is 19.5 Å². The van der Waals surface area contributed by atoms with Crippen molar-refractivity contribution in [3.63, 3.8) is 0 Å². The summed E-state index contributed by atoms with van der Waals surface area (Å²) in [5, 5.41) is 10.7. The second-order valence-electron chi connectivity index (χ2n) is 12.0. The number of aliphatic hydroxyl groups is 1. The van der Waals surface area contributed by atoms with Gasteiger partial charge in [0.2, 0.25) is 0 Å². The number of allylic oxidation sites excluding steroid dienone is 2. The van der Waals surface area contributed by atoms with Gasteiger partial charge in [-0.25, -0.2) is 15.0 Å². The third-order valence-corrected chi connectivity index (χ3v) is 10.8. The maximum absolute atomic E-state index is 10.7. The molecule has 0 aliphatic heterocycles. The Morgan fingerprint density at radius 2 is 1.82 bits per heavy atom. The van der Waals surface area contributed by atoms with Crippen molar-refractivity contribution in [3.05, 3.63) is 24.3 Å². The van der Waals surface area contributed by atoms with Crippen molar-refractivity contribution in [1.29, 1.82) is 0 Å². The minimum Gasteiger partial charge on any atom is -0.393 e. The zero-order chi connectivity index (χ0) is 23.7. The number of nitrogens with zero attached hydrogens (tertiary/aromatic N) is 5. The molecule has 6 rings (SSSR count). The Bertz CT molecular complexity index is 1110. The van der Waals surface area contributed by atoms with Crippen LogP contribution in [0.3, 0.4) is 0 Å². The smallest absolute Gasteiger partial charge is 0.165 e. The number of fused-ring (bicyclic) bond motifs is 6. The molecule has 0 radical (unpaired) electrons. The molecule has 2 aromatic rings. The van der Waals surface area contributed by atoms with Crippen LogP contribution in [-0.4, -0.2) is 43.8 Å². The van der Waals surface area contributed by atoms with Crippen molar-refractivity contribution in [2.24, 2.45) is 28.6 Å². The normalized spacial score (nSPS) is 39.3. The fourth-order valence-corrected chi connectivity index (χ4v) is 8.74. The lowest BCUT2D eigenvalue weighted by atomic mass is 9.47. The lowest BCUT2D eigenvalue weighted by Gasteiger charge is -2.58. The van der Waals surface area contributed by atoms with Crippen LogP contribution in [0.2, 0.25) is 0 Å². The molecule has 4 aliphatic rings. The standard InChI is InChI=1S/C28H41N5O/c1-5-32(6-2)25-24-26(30-16-29-25)33(17-31-24)19-11-13-27(3)18(15-19)7-8-20-21-9-10-23(34)28(21,4)14-12-22(20)27/h15-17,19-23,34H,5-14H2,1-4H3/t19-,20+,21+,22+,23+,27+,28+/m1/s1. The van der Waals surface area contributed by atoms with Crippen LogP contribution >= 0.6 is 0 Å². The summed E-state index contributed by atoms with van der Waals surface area (Å²) in [4.78, 5) is 16.3. The summed E-state index contributed by atoms with van der Waals surface area (Å²) in [7, 11) is 0. The highest BCUT2D eigenvalue weighted by Crippen LogP contribution is 2.65. The SMILES string of the molecule is CCN(CC)c1ncnc2c1ncn2[C@H]1C=C2CC[C@H]3[C@@H]4CC[C@H](O)[C@@]4(C)CC[C@@H]3[C@@]2(C)CC1. The highest BCUT2D eigenvalue weighted by Gasteiger charge is 2.58. The summed E-state index contributed by atoms with van der Waals surface area (Å²) in [6, 6.07) is 0.325. The molecule has 0 bridgehead atoms. The molecule has 2 aromatic heterocycles. The van der Waals surface area contributed by atoms with E-state index in [-0.39, 0.29) is 11.5 Å². The largest absolute Gasteiger partial charge is 0.393 e. The van der Waals surface area contributed by atoms with E-state index in [0.29, 0.717) is 17.4 Å². The summed E-state index contributed by atoms with van der Waals surface area (Å²) < 4.78 is 2.30. The first kappa shape index (κ1) is 22.5. The maximum atomic E-state index is 10.7. The van der Waals surface area contributed by atoms with E-state index in [9.17, 15) is 5.11 Å². The molecule has 0 aromatic carbocycles. The monoisotopic (exact) mass is 463 g/mol. The van der Waals surface area contributed by atoms with E-state index < -0.39 is 0 Å².